The van der Waals surface area contributed by atoms with Crippen molar-refractivity contribution < 1.29 is 19.0 Å². The van der Waals surface area contributed by atoms with E-state index >= 15 is 0 Å². The fourth-order valence-corrected chi connectivity index (χ4v) is 2.94. The molecule has 3 rings (SSSR count). The molecular weight excluding hydrogens is 428 g/mol. The first-order chi connectivity index (χ1) is 14.8. The van der Waals surface area contributed by atoms with Crippen molar-refractivity contribution in [3.63, 3.8) is 0 Å². The highest BCUT2D eigenvalue weighted by atomic mass is 35.5. The Morgan fingerprint density at radius 3 is 2.10 bits per heavy atom. The summed E-state index contributed by atoms with van der Waals surface area (Å²) in [6.45, 7) is 0. The molecular formula is C20H19ClN4O6. The third kappa shape index (κ3) is 4.24. The number of ether oxygens (including phenoxy) is 3. The number of hydrogen-bond donors (Lipinski definition) is 1. The number of halogens is 1. The van der Waals surface area contributed by atoms with Gasteiger partial charge in [0, 0.05) is 29.9 Å². The lowest BCUT2D eigenvalue weighted by atomic mass is 10.2. The fourth-order valence-electron chi connectivity index (χ4n) is 2.81. The number of anilines is 1. The van der Waals surface area contributed by atoms with E-state index in [1.54, 1.807) is 24.3 Å². The minimum atomic E-state index is -0.847. The van der Waals surface area contributed by atoms with Crippen LogP contribution in [0.25, 0.3) is 5.69 Å². The zero-order valence-electron chi connectivity index (χ0n) is 17.1. The highest BCUT2D eigenvalue weighted by Gasteiger charge is 2.21. The van der Waals surface area contributed by atoms with Gasteiger partial charge in [0.05, 0.1) is 27.0 Å². The van der Waals surface area contributed by atoms with E-state index in [4.69, 9.17) is 25.8 Å². The van der Waals surface area contributed by atoms with Crippen LogP contribution in [-0.4, -0.2) is 41.6 Å². The van der Waals surface area contributed by atoms with Crippen molar-refractivity contribution >= 4 is 23.2 Å². The SMILES string of the molecule is COc1cc(NC(=O)c2nn(-c3ccc(Cl)cc3)c(=O)n(C)c2=O)cc(OC)c1OC. The third-order valence-corrected chi connectivity index (χ3v) is 4.64. The zero-order valence-corrected chi connectivity index (χ0v) is 17.9. The topological polar surface area (TPSA) is 114 Å². The molecule has 0 aliphatic heterocycles. The molecule has 1 aromatic heterocycles. The quantitative estimate of drug-likeness (QED) is 0.614. The van der Waals surface area contributed by atoms with Crippen molar-refractivity contribution in [3.8, 4) is 22.9 Å². The lowest BCUT2D eigenvalue weighted by Gasteiger charge is -2.15. The van der Waals surface area contributed by atoms with Gasteiger partial charge in [0.2, 0.25) is 11.4 Å². The molecule has 0 saturated heterocycles. The van der Waals surface area contributed by atoms with Gasteiger partial charge in [0.25, 0.3) is 11.5 Å². The minimum Gasteiger partial charge on any atom is -0.493 e. The molecule has 0 bridgehead atoms. The third-order valence-electron chi connectivity index (χ3n) is 4.38. The van der Waals surface area contributed by atoms with Gasteiger partial charge in [-0.3, -0.25) is 14.2 Å². The summed E-state index contributed by atoms with van der Waals surface area (Å²) in [5, 5.41) is 7.00. The Morgan fingerprint density at radius 1 is 1.00 bits per heavy atom. The van der Waals surface area contributed by atoms with E-state index in [2.05, 4.69) is 10.4 Å². The van der Waals surface area contributed by atoms with Gasteiger partial charge in [-0.2, -0.15) is 9.78 Å². The van der Waals surface area contributed by atoms with E-state index in [0.29, 0.717) is 28.0 Å². The molecule has 0 aliphatic rings. The van der Waals surface area contributed by atoms with Crippen molar-refractivity contribution in [1.82, 2.24) is 14.3 Å². The molecule has 10 nitrogen and oxygen atoms in total. The van der Waals surface area contributed by atoms with Crippen molar-refractivity contribution in [2.45, 2.75) is 0 Å². The second kappa shape index (κ2) is 8.92. The van der Waals surface area contributed by atoms with Crippen LogP contribution in [0, 0.1) is 0 Å². The van der Waals surface area contributed by atoms with Gasteiger partial charge in [-0.25, -0.2) is 4.79 Å². The highest BCUT2D eigenvalue weighted by molar-refractivity contribution is 6.30. The standard InChI is InChI=1S/C20H19ClN4O6/c1-24-19(27)16(23-25(20(24)28)13-7-5-11(21)6-8-13)18(26)22-12-9-14(29-2)17(31-4)15(10-12)30-3/h5-10H,1-4H3,(H,22,26). The van der Waals surface area contributed by atoms with Crippen molar-refractivity contribution in [1.29, 1.82) is 0 Å². The zero-order chi connectivity index (χ0) is 22.7. The molecule has 11 heteroatoms. The molecule has 0 atom stereocenters. The van der Waals surface area contributed by atoms with Crippen LogP contribution < -0.4 is 30.8 Å². The smallest absolute Gasteiger partial charge is 0.351 e. The Kier molecular flexibility index (Phi) is 6.30. The molecule has 0 spiro atoms. The summed E-state index contributed by atoms with van der Waals surface area (Å²) >= 11 is 5.88. The highest BCUT2D eigenvalue weighted by Crippen LogP contribution is 2.39. The number of carbonyl (C=O) groups is 1. The molecule has 162 valence electrons. The summed E-state index contributed by atoms with van der Waals surface area (Å²) < 4.78 is 17.5. The maximum atomic E-state index is 12.9. The monoisotopic (exact) mass is 446 g/mol. The molecule has 0 fully saturated rings. The van der Waals surface area contributed by atoms with Crippen LogP contribution in [0.3, 0.4) is 0 Å². The molecule has 0 saturated carbocycles. The average Bonchev–Trinajstić information content (AvgIpc) is 2.77. The first kappa shape index (κ1) is 21.9. The number of nitrogens with one attached hydrogen (secondary N) is 1. The van der Waals surface area contributed by atoms with Gasteiger partial charge < -0.3 is 19.5 Å². The summed E-state index contributed by atoms with van der Waals surface area (Å²) in [5.41, 5.74) is -1.43. The maximum Gasteiger partial charge on any atom is 0.351 e. The van der Waals surface area contributed by atoms with Crippen LogP contribution in [-0.2, 0) is 7.05 Å². The Bertz CT molecular complexity index is 1230. The van der Waals surface area contributed by atoms with Crippen LogP contribution in [0.15, 0.2) is 46.0 Å². The van der Waals surface area contributed by atoms with Gasteiger partial charge in [-0.15, -0.1) is 0 Å². The Hall–Kier alpha value is -3.79. The second-order valence-corrected chi connectivity index (χ2v) is 6.69. The van der Waals surface area contributed by atoms with E-state index in [-0.39, 0.29) is 5.69 Å². The van der Waals surface area contributed by atoms with Gasteiger partial charge in [0.1, 0.15) is 0 Å². The van der Waals surface area contributed by atoms with Crippen LogP contribution >= 0.6 is 11.6 Å². The van der Waals surface area contributed by atoms with Crippen LogP contribution in [0.1, 0.15) is 10.5 Å². The Balaban J connectivity index is 2.05. The predicted molar refractivity (Wildman–Crippen MR) is 114 cm³/mol. The molecule has 0 aliphatic carbocycles. The van der Waals surface area contributed by atoms with E-state index in [0.717, 1.165) is 9.25 Å². The van der Waals surface area contributed by atoms with Gasteiger partial charge in [-0.05, 0) is 24.3 Å². The van der Waals surface area contributed by atoms with Crippen molar-refractivity contribution in [2.75, 3.05) is 26.6 Å². The van der Waals surface area contributed by atoms with Crippen molar-refractivity contribution in [3.05, 3.63) is 68.0 Å². The van der Waals surface area contributed by atoms with Crippen molar-refractivity contribution in [2.24, 2.45) is 7.05 Å². The van der Waals surface area contributed by atoms with Crippen LogP contribution in [0.5, 0.6) is 17.2 Å². The summed E-state index contributed by atoms with van der Waals surface area (Å²) in [6, 6.07) is 9.21. The lowest BCUT2D eigenvalue weighted by molar-refractivity contribution is 0.101. The molecule has 2 aromatic carbocycles. The van der Waals surface area contributed by atoms with E-state index in [1.807, 2.05) is 0 Å². The number of methoxy groups -OCH3 is 3. The summed E-state index contributed by atoms with van der Waals surface area (Å²) in [7, 11) is 5.58. The Morgan fingerprint density at radius 2 is 1.58 bits per heavy atom. The normalized spacial score (nSPS) is 10.5. The second-order valence-electron chi connectivity index (χ2n) is 6.25. The summed E-state index contributed by atoms with van der Waals surface area (Å²) in [5.74, 6) is 0.138. The molecule has 0 unspecified atom stereocenters. The van der Waals surface area contributed by atoms with Gasteiger partial charge in [0.15, 0.2) is 11.5 Å². The van der Waals surface area contributed by atoms with Gasteiger partial charge in [-0.1, -0.05) is 11.6 Å². The number of benzene rings is 2. The first-order valence-corrected chi connectivity index (χ1v) is 9.26. The largest absolute Gasteiger partial charge is 0.493 e. The first-order valence-electron chi connectivity index (χ1n) is 8.88. The molecule has 1 N–H and O–H groups in total. The van der Waals surface area contributed by atoms with E-state index < -0.39 is 22.9 Å². The van der Waals surface area contributed by atoms with E-state index in [9.17, 15) is 14.4 Å². The molecule has 0 radical (unpaired) electrons. The number of amides is 1. The van der Waals surface area contributed by atoms with Crippen LogP contribution in [0.2, 0.25) is 5.02 Å². The van der Waals surface area contributed by atoms with E-state index in [1.165, 1.54) is 40.5 Å². The Labute approximate surface area is 181 Å². The number of rotatable bonds is 6. The number of aromatic nitrogens is 3. The number of nitrogens with zero attached hydrogens (tertiary/aromatic N) is 3. The van der Waals surface area contributed by atoms with Gasteiger partial charge >= 0.3 is 5.69 Å². The molecule has 31 heavy (non-hydrogen) atoms. The maximum absolute atomic E-state index is 12.9. The van der Waals surface area contributed by atoms with Crippen LogP contribution in [0.4, 0.5) is 5.69 Å². The predicted octanol–water partition coefficient (Wildman–Crippen LogP) is 1.86. The lowest BCUT2D eigenvalue weighted by Crippen LogP contribution is -2.43. The molecule has 1 amide bonds. The average molecular weight is 447 g/mol. The summed E-state index contributed by atoms with van der Waals surface area (Å²) in [6.07, 6.45) is 0. The minimum absolute atomic E-state index is 0.271. The molecule has 3 aromatic rings. The number of carbonyl (C=O) groups excluding carboxylic acids is 1. The fraction of sp³-hybridized carbons (Fsp3) is 0.200. The number of hydrogen-bond acceptors (Lipinski definition) is 7. The molecule has 1 heterocycles. The summed E-state index contributed by atoms with van der Waals surface area (Å²) in [4.78, 5) is 37.9.